The van der Waals surface area contributed by atoms with Gasteiger partial charge in [-0.2, -0.15) is 0 Å². The smallest absolute Gasteiger partial charge is 0.248 e. The molecule has 0 aliphatic rings. The van der Waals surface area contributed by atoms with Crippen molar-refractivity contribution < 1.29 is 4.79 Å². The van der Waals surface area contributed by atoms with Gasteiger partial charge in [-0.25, -0.2) is 0 Å². The lowest BCUT2D eigenvalue weighted by atomic mass is 10.1. The molecule has 11 heavy (non-hydrogen) atoms. The van der Waals surface area contributed by atoms with Crippen LogP contribution in [0.15, 0.2) is 23.1 Å². The van der Waals surface area contributed by atoms with Crippen LogP contribution in [0.2, 0.25) is 0 Å². The minimum atomic E-state index is -0.163. The molecule has 3 nitrogen and oxygen atoms in total. The fraction of sp³-hybridized carbons (Fsp3) is 0.250. The number of carbonyl (C=O) groups excluding carboxylic acids is 1. The van der Waals surface area contributed by atoms with Crippen LogP contribution in [0, 0.1) is 0 Å². The highest BCUT2D eigenvalue weighted by molar-refractivity contribution is 5.78. The van der Waals surface area contributed by atoms with Crippen molar-refractivity contribution in [2.45, 2.75) is 13.3 Å². The Bertz CT molecular complexity index is 314. The number of nitrogens with one attached hydrogen (secondary N) is 1. The Morgan fingerprint density at radius 1 is 1.64 bits per heavy atom. The highest BCUT2D eigenvalue weighted by atomic mass is 16.1. The van der Waals surface area contributed by atoms with Crippen molar-refractivity contribution in [1.29, 1.82) is 0 Å². The second-order valence-corrected chi connectivity index (χ2v) is 2.44. The van der Waals surface area contributed by atoms with E-state index < -0.39 is 0 Å². The van der Waals surface area contributed by atoms with Gasteiger partial charge in [0.05, 0.1) is 0 Å². The first-order chi connectivity index (χ1) is 5.18. The zero-order valence-corrected chi connectivity index (χ0v) is 6.26. The van der Waals surface area contributed by atoms with Crippen LogP contribution >= 0.6 is 0 Å². The summed E-state index contributed by atoms with van der Waals surface area (Å²) in [7, 11) is 0. The van der Waals surface area contributed by atoms with E-state index in [1.54, 1.807) is 12.3 Å². The zero-order valence-electron chi connectivity index (χ0n) is 6.26. The van der Waals surface area contributed by atoms with E-state index >= 15 is 0 Å². The zero-order chi connectivity index (χ0) is 8.27. The number of hydrogen-bond acceptors (Lipinski definition) is 2. The number of H-pyrrole nitrogens is 1. The molecule has 0 aromatic carbocycles. The predicted octanol–water partition coefficient (Wildman–Crippen LogP) is 0.506. The van der Waals surface area contributed by atoms with Crippen molar-refractivity contribution in [2.75, 3.05) is 0 Å². The molecular formula is C8H9NO2. The molecular weight excluding hydrogens is 142 g/mol. The number of ketones is 1. The molecule has 3 heteroatoms. The molecule has 0 bridgehead atoms. The van der Waals surface area contributed by atoms with E-state index in [0.29, 0.717) is 6.42 Å². The summed E-state index contributed by atoms with van der Waals surface area (Å²) in [5.41, 5.74) is 0.602. The highest BCUT2D eigenvalue weighted by Gasteiger charge is 1.96. The molecule has 0 spiro atoms. The van der Waals surface area contributed by atoms with E-state index in [1.165, 1.54) is 13.0 Å². The van der Waals surface area contributed by atoms with Gasteiger partial charge in [0.2, 0.25) is 5.56 Å². The summed E-state index contributed by atoms with van der Waals surface area (Å²) < 4.78 is 0. The molecule has 0 unspecified atom stereocenters. The molecule has 1 rings (SSSR count). The van der Waals surface area contributed by atoms with Gasteiger partial charge in [-0.15, -0.1) is 0 Å². The van der Waals surface area contributed by atoms with Crippen molar-refractivity contribution in [3.05, 3.63) is 34.2 Å². The third kappa shape index (κ3) is 2.37. The van der Waals surface area contributed by atoms with Crippen molar-refractivity contribution in [3.63, 3.8) is 0 Å². The van der Waals surface area contributed by atoms with Gasteiger partial charge < -0.3 is 4.98 Å². The topological polar surface area (TPSA) is 49.9 Å². The van der Waals surface area contributed by atoms with Gasteiger partial charge in [-0.1, -0.05) is 0 Å². The Labute approximate surface area is 64.1 Å². The first-order valence-electron chi connectivity index (χ1n) is 3.35. The molecule has 1 aromatic heterocycles. The Balaban J connectivity index is 2.88. The standard InChI is InChI=1S/C8H9NO2/c1-6(10)4-7-2-3-9-8(11)5-7/h2-3,5H,4H2,1H3,(H,9,11). The maximum atomic E-state index is 10.7. The Hall–Kier alpha value is -1.38. The molecule has 0 saturated heterocycles. The number of aromatic nitrogens is 1. The molecule has 0 saturated carbocycles. The molecule has 1 N–H and O–H groups in total. The van der Waals surface area contributed by atoms with Crippen molar-refractivity contribution in [2.24, 2.45) is 0 Å². The van der Waals surface area contributed by atoms with Crippen LogP contribution in [-0.4, -0.2) is 10.8 Å². The molecule has 0 atom stereocenters. The first-order valence-corrected chi connectivity index (χ1v) is 3.35. The summed E-state index contributed by atoms with van der Waals surface area (Å²) in [5.74, 6) is 0.0654. The second kappa shape index (κ2) is 3.14. The van der Waals surface area contributed by atoms with Crippen LogP contribution in [0.1, 0.15) is 12.5 Å². The monoisotopic (exact) mass is 151 g/mol. The summed E-state index contributed by atoms with van der Waals surface area (Å²) in [6.45, 7) is 1.50. The summed E-state index contributed by atoms with van der Waals surface area (Å²) in [5, 5.41) is 0. The molecule has 0 radical (unpaired) electrons. The second-order valence-electron chi connectivity index (χ2n) is 2.44. The van der Waals surface area contributed by atoms with Crippen molar-refractivity contribution >= 4 is 5.78 Å². The quantitative estimate of drug-likeness (QED) is 0.669. The summed E-state index contributed by atoms with van der Waals surface area (Å²) in [6, 6.07) is 3.16. The molecule has 58 valence electrons. The van der Waals surface area contributed by atoms with Gasteiger partial charge >= 0.3 is 0 Å². The molecule has 1 aromatic rings. The van der Waals surface area contributed by atoms with Gasteiger partial charge in [0, 0.05) is 18.7 Å². The molecule has 0 aliphatic carbocycles. The Morgan fingerprint density at radius 3 is 2.91 bits per heavy atom. The van der Waals surface area contributed by atoms with Crippen LogP contribution in [0.3, 0.4) is 0 Å². The molecule has 0 amide bonds. The van der Waals surface area contributed by atoms with E-state index in [-0.39, 0.29) is 11.3 Å². The number of rotatable bonds is 2. The molecule has 0 aliphatic heterocycles. The third-order valence-corrected chi connectivity index (χ3v) is 1.29. The predicted molar refractivity (Wildman–Crippen MR) is 41.4 cm³/mol. The van der Waals surface area contributed by atoms with Gasteiger partial charge in [-0.05, 0) is 18.6 Å². The summed E-state index contributed by atoms with van der Waals surface area (Å²) in [6.07, 6.45) is 1.88. The van der Waals surface area contributed by atoms with E-state index in [2.05, 4.69) is 4.98 Å². The minimum Gasteiger partial charge on any atom is -0.329 e. The summed E-state index contributed by atoms with van der Waals surface area (Å²) >= 11 is 0. The summed E-state index contributed by atoms with van der Waals surface area (Å²) in [4.78, 5) is 23.8. The molecule has 1 heterocycles. The van der Waals surface area contributed by atoms with Gasteiger partial charge in [-0.3, -0.25) is 9.59 Å². The number of Topliss-reactive ketones (excluding diaryl/α,β-unsaturated/α-hetero) is 1. The van der Waals surface area contributed by atoms with E-state index in [0.717, 1.165) is 5.56 Å². The van der Waals surface area contributed by atoms with Crippen LogP contribution < -0.4 is 5.56 Å². The number of hydrogen-bond donors (Lipinski definition) is 1. The van der Waals surface area contributed by atoms with Crippen LogP contribution in [-0.2, 0) is 11.2 Å². The lowest BCUT2D eigenvalue weighted by molar-refractivity contribution is -0.116. The van der Waals surface area contributed by atoms with Crippen LogP contribution in [0.25, 0.3) is 0 Å². The van der Waals surface area contributed by atoms with Gasteiger partial charge in [0.15, 0.2) is 0 Å². The normalized spacial score (nSPS) is 9.55. The van der Waals surface area contributed by atoms with Gasteiger partial charge in [0.1, 0.15) is 5.78 Å². The fourth-order valence-corrected chi connectivity index (χ4v) is 0.886. The van der Waals surface area contributed by atoms with Crippen LogP contribution in [0.4, 0.5) is 0 Å². The fourth-order valence-electron chi connectivity index (χ4n) is 0.886. The number of aromatic amines is 1. The maximum absolute atomic E-state index is 10.7. The van der Waals surface area contributed by atoms with Gasteiger partial charge in [0.25, 0.3) is 0 Å². The van der Waals surface area contributed by atoms with Crippen molar-refractivity contribution in [1.82, 2.24) is 4.98 Å². The van der Waals surface area contributed by atoms with E-state index in [1.807, 2.05) is 0 Å². The third-order valence-electron chi connectivity index (χ3n) is 1.29. The molecule has 0 fully saturated rings. The number of pyridine rings is 1. The maximum Gasteiger partial charge on any atom is 0.248 e. The Morgan fingerprint density at radius 2 is 2.36 bits per heavy atom. The average Bonchev–Trinajstić information content (AvgIpc) is 1.85. The van der Waals surface area contributed by atoms with Crippen LogP contribution in [0.5, 0.6) is 0 Å². The van der Waals surface area contributed by atoms with Crippen molar-refractivity contribution in [3.8, 4) is 0 Å². The minimum absolute atomic E-state index is 0.0654. The Kier molecular flexibility index (Phi) is 2.21. The largest absolute Gasteiger partial charge is 0.329 e. The van der Waals surface area contributed by atoms with E-state index in [4.69, 9.17) is 0 Å². The lowest BCUT2D eigenvalue weighted by Gasteiger charge is -1.93. The number of carbonyl (C=O) groups is 1. The highest BCUT2D eigenvalue weighted by Crippen LogP contribution is 1.94. The average molecular weight is 151 g/mol. The first kappa shape index (κ1) is 7.72. The van der Waals surface area contributed by atoms with E-state index in [9.17, 15) is 9.59 Å². The lowest BCUT2D eigenvalue weighted by Crippen LogP contribution is -2.06. The SMILES string of the molecule is CC(=O)Cc1cc[nH]c(=O)c1.